The van der Waals surface area contributed by atoms with E-state index in [4.69, 9.17) is 14.2 Å². The fourth-order valence-electron chi connectivity index (χ4n) is 4.10. The lowest BCUT2D eigenvalue weighted by molar-refractivity contribution is -1.02. The number of ether oxygens (including phenoxy) is 3. The predicted molar refractivity (Wildman–Crippen MR) is 110 cm³/mol. The molecule has 2 aromatic carbocycles. The first-order valence-corrected chi connectivity index (χ1v) is 10.6. The van der Waals surface area contributed by atoms with E-state index in [0.29, 0.717) is 19.8 Å². The Hall–Kier alpha value is -2.12. The summed E-state index contributed by atoms with van der Waals surface area (Å²) in [6.07, 6.45) is -0.577. The second kappa shape index (κ2) is 10.1. The SMILES string of the molecule is O[C@@H](COC[C@H]1COc2ccccc2O1)C[NH+]1CC[NH+](Cc2ccccc2)CC1. The molecule has 0 bridgehead atoms. The largest absolute Gasteiger partial charge is 0.486 e. The molecule has 6 heteroatoms. The Kier molecular flexibility index (Phi) is 7.00. The molecule has 2 heterocycles. The lowest BCUT2D eigenvalue weighted by Crippen LogP contribution is -3.28. The summed E-state index contributed by atoms with van der Waals surface area (Å²) in [5.41, 5.74) is 1.40. The number of aliphatic hydroxyl groups excluding tert-OH is 1. The molecule has 156 valence electrons. The standard InChI is InChI=1S/C23H30N2O4/c26-20(16-27-17-21-18-28-22-8-4-5-9-23(22)29-21)15-25-12-10-24(11-13-25)14-19-6-2-1-3-7-19/h1-9,20-21,26H,10-18H2/p+2/t20-,21+/m1/s1. The van der Waals surface area contributed by atoms with Gasteiger partial charge in [0.1, 0.15) is 52.0 Å². The molecule has 0 aliphatic carbocycles. The number of para-hydroxylation sites is 2. The molecule has 6 nitrogen and oxygen atoms in total. The number of hydrogen-bond donors (Lipinski definition) is 3. The van der Waals surface area contributed by atoms with Crippen molar-refractivity contribution >= 4 is 0 Å². The molecule has 3 N–H and O–H groups in total. The Bertz CT molecular complexity index is 750. The highest BCUT2D eigenvalue weighted by molar-refractivity contribution is 5.40. The molecule has 2 aromatic rings. The van der Waals surface area contributed by atoms with Crippen molar-refractivity contribution < 1.29 is 29.1 Å². The van der Waals surface area contributed by atoms with Crippen LogP contribution in [0, 0.1) is 0 Å². The van der Waals surface area contributed by atoms with Crippen LogP contribution in [0.15, 0.2) is 54.6 Å². The molecule has 0 aromatic heterocycles. The van der Waals surface area contributed by atoms with Crippen molar-refractivity contribution in [3.63, 3.8) is 0 Å². The van der Waals surface area contributed by atoms with Gasteiger partial charge in [0, 0.05) is 5.56 Å². The molecule has 1 saturated heterocycles. The molecule has 0 radical (unpaired) electrons. The van der Waals surface area contributed by atoms with Crippen molar-refractivity contribution in [3.8, 4) is 11.5 Å². The molecule has 2 aliphatic heterocycles. The van der Waals surface area contributed by atoms with Gasteiger partial charge in [0.25, 0.3) is 0 Å². The maximum atomic E-state index is 10.4. The van der Waals surface area contributed by atoms with Gasteiger partial charge in [0.15, 0.2) is 17.6 Å². The van der Waals surface area contributed by atoms with Gasteiger partial charge < -0.3 is 29.1 Å². The smallest absolute Gasteiger partial charge is 0.161 e. The highest BCUT2D eigenvalue weighted by Crippen LogP contribution is 2.30. The zero-order valence-corrected chi connectivity index (χ0v) is 16.9. The Morgan fingerprint density at radius 3 is 2.41 bits per heavy atom. The Balaban J connectivity index is 1.11. The number of rotatable bonds is 8. The molecule has 1 fully saturated rings. The zero-order valence-electron chi connectivity index (χ0n) is 16.9. The molecule has 0 amide bonds. The van der Waals surface area contributed by atoms with E-state index < -0.39 is 6.10 Å². The number of aliphatic hydroxyl groups is 1. The third kappa shape index (κ3) is 5.93. The summed E-state index contributed by atoms with van der Waals surface area (Å²) in [7, 11) is 0. The Morgan fingerprint density at radius 2 is 1.62 bits per heavy atom. The molecule has 29 heavy (non-hydrogen) atoms. The lowest BCUT2D eigenvalue weighted by Gasteiger charge is -2.31. The van der Waals surface area contributed by atoms with Crippen LogP contribution in [0.3, 0.4) is 0 Å². The van der Waals surface area contributed by atoms with Crippen LogP contribution in [0.4, 0.5) is 0 Å². The van der Waals surface area contributed by atoms with Gasteiger partial charge in [0.05, 0.1) is 13.2 Å². The summed E-state index contributed by atoms with van der Waals surface area (Å²) in [4.78, 5) is 3.09. The van der Waals surface area contributed by atoms with Crippen LogP contribution in [-0.2, 0) is 11.3 Å². The quantitative estimate of drug-likeness (QED) is 0.543. The summed E-state index contributed by atoms with van der Waals surface area (Å²) in [5, 5.41) is 10.4. The number of piperazine rings is 1. The average Bonchev–Trinajstić information content (AvgIpc) is 2.76. The molecule has 2 atom stereocenters. The number of nitrogens with one attached hydrogen (secondary N) is 2. The van der Waals surface area contributed by atoms with Crippen molar-refractivity contribution in [1.29, 1.82) is 0 Å². The van der Waals surface area contributed by atoms with Gasteiger partial charge >= 0.3 is 0 Å². The van der Waals surface area contributed by atoms with Crippen LogP contribution in [0.2, 0.25) is 0 Å². The highest BCUT2D eigenvalue weighted by atomic mass is 16.6. The van der Waals surface area contributed by atoms with Crippen molar-refractivity contribution in [2.45, 2.75) is 18.8 Å². The van der Waals surface area contributed by atoms with Crippen molar-refractivity contribution in [3.05, 3.63) is 60.2 Å². The van der Waals surface area contributed by atoms with Crippen LogP contribution < -0.4 is 19.3 Å². The maximum Gasteiger partial charge on any atom is 0.161 e. The van der Waals surface area contributed by atoms with E-state index in [0.717, 1.165) is 50.8 Å². The van der Waals surface area contributed by atoms with E-state index in [9.17, 15) is 5.11 Å². The minimum Gasteiger partial charge on any atom is -0.486 e. The van der Waals surface area contributed by atoms with Gasteiger partial charge in [-0.1, -0.05) is 42.5 Å². The first-order valence-electron chi connectivity index (χ1n) is 10.6. The summed E-state index contributed by atoms with van der Waals surface area (Å²) in [6.45, 7) is 7.54. The van der Waals surface area contributed by atoms with E-state index in [1.165, 1.54) is 10.5 Å². The minimum atomic E-state index is -0.447. The molecule has 4 rings (SSSR count). The number of hydrogen-bond acceptors (Lipinski definition) is 4. The van der Waals surface area contributed by atoms with Crippen molar-refractivity contribution in [1.82, 2.24) is 0 Å². The van der Waals surface area contributed by atoms with Crippen LogP contribution in [-0.4, -0.2) is 69.9 Å². The summed E-state index contributed by atoms with van der Waals surface area (Å²) in [5.74, 6) is 1.54. The maximum absolute atomic E-state index is 10.4. The summed E-state index contributed by atoms with van der Waals surface area (Å²) < 4.78 is 17.3. The van der Waals surface area contributed by atoms with E-state index in [1.54, 1.807) is 4.90 Å². The van der Waals surface area contributed by atoms with E-state index in [2.05, 4.69) is 30.3 Å². The average molecular weight is 401 g/mol. The Labute approximate surface area is 172 Å². The fraction of sp³-hybridized carbons (Fsp3) is 0.478. The number of benzene rings is 2. The Morgan fingerprint density at radius 1 is 0.931 bits per heavy atom. The monoisotopic (exact) mass is 400 g/mol. The second-order valence-corrected chi connectivity index (χ2v) is 8.06. The van der Waals surface area contributed by atoms with Gasteiger partial charge in [-0.3, -0.25) is 0 Å². The molecule has 0 spiro atoms. The van der Waals surface area contributed by atoms with E-state index in [1.807, 2.05) is 24.3 Å². The molecule has 2 aliphatic rings. The fourth-order valence-corrected chi connectivity index (χ4v) is 4.10. The number of fused-ring (bicyclic) bond motifs is 1. The molecule has 0 saturated carbocycles. The summed E-state index contributed by atoms with van der Waals surface area (Å²) in [6, 6.07) is 18.3. The van der Waals surface area contributed by atoms with Crippen molar-refractivity contribution in [2.75, 3.05) is 52.5 Å². The molecular weight excluding hydrogens is 368 g/mol. The third-order valence-electron chi connectivity index (χ3n) is 5.67. The van der Waals surface area contributed by atoms with E-state index >= 15 is 0 Å². The van der Waals surface area contributed by atoms with Gasteiger partial charge in [0.2, 0.25) is 0 Å². The summed E-state index contributed by atoms with van der Waals surface area (Å²) >= 11 is 0. The van der Waals surface area contributed by atoms with Crippen LogP contribution >= 0.6 is 0 Å². The third-order valence-corrected chi connectivity index (χ3v) is 5.67. The van der Waals surface area contributed by atoms with E-state index in [-0.39, 0.29) is 6.10 Å². The highest BCUT2D eigenvalue weighted by Gasteiger charge is 2.26. The van der Waals surface area contributed by atoms with Gasteiger partial charge in [-0.2, -0.15) is 0 Å². The predicted octanol–water partition coefficient (Wildman–Crippen LogP) is -0.812. The zero-order chi connectivity index (χ0) is 19.9. The first kappa shape index (κ1) is 20.2. The second-order valence-electron chi connectivity index (χ2n) is 8.06. The van der Waals surface area contributed by atoms with Crippen LogP contribution in [0.5, 0.6) is 11.5 Å². The van der Waals surface area contributed by atoms with Gasteiger partial charge in [-0.05, 0) is 12.1 Å². The van der Waals surface area contributed by atoms with Crippen molar-refractivity contribution in [2.24, 2.45) is 0 Å². The number of quaternary nitrogens is 2. The first-order chi connectivity index (χ1) is 14.3. The minimum absolute atomic E-state index is 0.130. The lowest BCUT2D eigenvalue weighted by atomic mass is 10.2. The molecule has 0 unspecified atom stereocenters. The normalized spacial score (nSPS) is 24.8. The topological polar surface area (TPSA) is 56.8 Å². The van der Waals surface area contributed by atoms with Gasteiger partial charge in [-0.25, -0.2) is 0 Å². The van der Waals surface area contributed by atoms with Crippen LogP contribution in [0.1, 0.15) is 5.56 Å². The van der Waals surface area contributed by atoms with Gasteiger partial charge in [-0.15, -0.1) is 0 Å². The van der Waals surface area contributed by atoms with Crippen LogP contribution in [0.25, 0.3) is 0 Å². The molecular formula is C23H32N2O4+2.